The third-order valence-electron chi connectivity index (χ3n) is 5.78. The Morgan fingerprint density at radius 1 is 1.23 bits per heavy atom. The molecular weight excluding hydrogens is 458 g/mol. The predicted octanol–water partition coefficient (Wildman–Crippen LogP) is 1.38. The van der Waals surface area contributed by atoms with Gasteiger partial charge < -0.3 is 24.6 Å². The highest BCUT2D eigenvalue weighted by atomic mass is 16.6. The van der Waals surface area contributed by atoms with Gasteiger partial charge in [-0.1, -0.05) is 44.2 Å². The summed E-state index contributed by atoms with van der Waals surface area (Å²) in [5.74, 6) is -0.650. The minimum absolute atomic E-state index is 0.0696. The smallest absolute Gasteiger partial charge is 0.407 e. The molecule has 1 amide bonds. The summed E-state index contributed by atoms with van der Waals surface area (Å²) in [6.45, 7) is 5.15. The van der Waals surface area contributed by atoms with Crippen LogP contribution in [0.1, 0.15) is 44.0 Å². The van der Waals surface area contributed by atoms with Crippen LogP contribution in [0.2, 0.25) is 0 Å². The van der Waals surface area contributed by atoms with Crippen LogP contribution in [0.3, 0.4) is 0 Å². The average molecular weight is 490 g/mol. The third-order valence-corrected chi connectivity index (χ3v) is 5.78. The monoisotopic (exact) mass is 489 g/mol. The van der Waals surface area contributed by atoms with E-state index in [4.69, 9.17) is 14.2 Å². The number of carbonyl (C=O) groups is 2. The van der Waals surface area contributed by atoms with Gasteiger partial charge >= 0.3 is 17.8 Å². The lowest BCUT2D eigenvalue weighted by Gasteiger charge is -2.22. The lowest BCUT2D eigenvalue weighted by molar-refractivity contribution is -0.151. The molecule has 11 nitrogen and oxygen atoms in total. The number of H-pyrrole nitrogens is 1. The zero-order chi connectivity index (χ0) is 25.5. The van der Waals surface area contributed by atoms with Gasteiger partial charge in [-0.2, -0.15) is 0 Å². The number of amides is 1. The van der Waals surface area contributed by atoms with Crippen molar-refractivity contribution in [2.45, 2.75) is 64.7 Å². The summed E-state index contributed by atoms with van der Waals surface area (Å²) in [4.78, 5) is 50.4. The Balaban J connectivity index is 1.48. The summed E-state index contributed by atoms with van der Waals surface area (Å²) in [6, 6.07) is 8.71. The lowest BCUT2D eigenvalue weighted by Crippen LogP contribution is -2.41. The highest BCUT2D eigenvalue weighted by Gasteiger charge is 2.36. The van der Waals surface area contributed by atoms with Crippen LogP contribution < -0.4 is 16.6 Å². The van der Waals surface area contributed by atoms with Gasteiger partial charge in [0.1, 0.15) is 25.5 Å². The lowest BCUT2D eigenvalue weighted by atomic mass is 10.0. The highest BCUT2D eigenvalue weighted by Crippen LogP contribution is 2.28. The average Bonchev–Trinajstić information content (AvgIpc) is 3.19. The van der Waals surface area contributed by atoms with Crippen LogP contribution in [0.5, 0.6) is 0 Å². The van der Waals surface area contributed by atoms with Gasteiger partial charge in [0.25, 0.3) is 5.56 Å². The fraction of sp³-hybridized carbons (Fsp3) is 0.500. The molecule has 3 N–H and O–H groups in total. The molecule has 0 bridgehead atoms. The quantitative estimate of drug-likeness (QED) is 0.447. The number of aliphatic hydroxyl groups excluding tert-OH is 1. The highest BCUT2D eigenvalue weighted by molar-refractivity contribution is 5.72. The third kappa shape index (κ3) is 7.27. The van der Waals surface area contributed by atoms with Crippen molar-refractivity contribution in [1.82, 2.24) is 14.9 Å². The van der Waals surface area contributed by atoms with Crippen LogP contribution in [0.15, 0.2) is 46.1 Å². The van der Waals surface area contributed by atoms with Crippen molar-refractivity contribution in [3.05, 3.63) is 68.5 Å². The molecule has 0 aliphatic carbocycles. The minimum Gasteiger partial charge on any atom is -0.463 e. The van der Waals surface area contributed by atoms with E-state index < -0.39 is 47.8 Å². The van der Waals surface area contributed by atoms with Gasteiger partial charge in [-0.15, -0.1) is 0 Å². The van der Waals surface area contributed by atoms with Crippen molar-refractivity contribution in [3.8, 4) is 0 Å². The largest absolute Gasteiger partial charge is 0.463 e. The number of hydrogen-bond acceptors (Lipinski definition) is 8. The Labute approximate surface area is 202 Å². The minimum atomic E-state index is -0.973. The van der Waals surface area contributed by atoms with Crippen molar-refractivity contribution in [2.24, 2.45) is 5.92 Å². The first kappa shape index (κ1) is 26.2. The fourth-order valence-electron chi connectivity index (χ4n) is 3.62. The Hall–Kier alpha value is -3.44. The van der Waals surface area contributed by atoms with Gasteiger partial charge in [-0.05, 0) is 18.4 Å². The second kappa shape index (κ2) is 11.8. The van der Waals surface area contributed by atoms with Crippen molar-refractivity contribution in [2.75, 3.05) is 6.61 Å². The summed E-state index contributed by atoms with van der Waals surface area (Å²) in [5, 5.41) is 13.0. The number of carbonyl (C=O) groups excluding carboxylic acids is 2. The SMILES string of the molecule is Cc1cn([C@H]2C[C@H](O)[C@@H](COC(=O)C[C@@H](NC(=O)OCc3ccccc3)C(C)C)O2)c(=O)[nH]c1=O. The van der Waals surface area contributed by atoms with Gasteiger partial charge in [0.2, 0.25) is 0 Å². The zero-order valence-corrected chi connectivity index (χ0v) is 19.9. The first-order valence-corrected chi connectivity index (χ1v) is 11.4. The van der Waals surface area contributed by atoms with E-state index in [1.165, 1.54) is 10.8 Å². The number of alkyl carbamates (subject to hydrolysis) is 1. The van der Waals surface area contributed by atoms with Gasteiger partial charge in [0.05, 0.1) is 12.5 Å². The van der Waals surface area contributed by atoms with Crippen LogP contribution >= 0.6 is 0 Å². The summed E-state index contributed by atoms with van der Waals surface area (Å²) >= 11 is 0. The molecule has 0 saturated carbocycles. The molecule has 4 atom stereocenters. The number of aliphatic hydroxyl groups is 1. The molecule has 1 aromatic carbocycles. The summed E-state index contributed by atoms with van der Waals surface area (Å²) in [7, 11) is 0. The first-order valence-electron chi connectivity index (χ1n) is 11.4. The molecule has 3 rings (SSSR count). The van der Waals surface area contributed by atoms with Crippen molar-refractivity contribution >= 4 is 12.1 Å². The molecule has 2 aromatic rings. The van der Waals surface area contributed by atoms with Gasteiger partial charge in [0.15, 0.2) is 0 Å². The molecule has 1 aliphatic heterocycles. The van der Waals surface area contributed by atoms with Crippen molar-refractivity contribution < 1.29 is 28.9 Å². The van der Waals surface area contributed by atoms with Gasteiger partial charge in [0, 0.05) is 24.2 Å². The second-order valence-electron chi connectivity index (χ2n) is 8.85. The normalized spacial score (nSPS) is 20.4. The first-order chi connectivity index (χ1) is 16.6. The second-order valence-corrected chi connectivity index (χ2v) is 8.85. The molecule has 2 heterocycles. The number of esters is 1. The topological polar surface area (TPSA) is 149 Å². The number of nitrogens with one attached hydrogen (secondary N) is 2. The zero-order valence-electron chi connectivity index (χ0n) is 19.9. The van der Waals surface area contributed by atoms with Crippen LogP contribution in [0.4, 0.5) is 4.79 Å². The van der Waals surface area contributed by atoms with Gasteiger partial charge in [-0.25, -0.2) is 9.59 Å². The number of rotatable bonds is 9. The number of ether oxygens (including phenoxy) is 3. The van der Waals surface area contributed by atoms with E-state index in [-0.39, 0.29) is 32.0 Å². The summed E-state index contributed by atoms with van der Waals surface area (Å²) in [6.07, 6.45) is -1.90. The van der Waals surface area contributed by atoms with E-state index in [0.717, 1.165) is 5.56 Å². The Morgan fingerprint density at radius 3 is 2.63 bits per heavy atom. The maximum Gasteiger partial charge on any atom is 0.407 e. The molecule has 35 heavy (non-hydrogen) atoms. The van der Waals surface area contributed by atoms with Crippen molar-refractivity contribution in [3.63, 3.8) is 0 Å². The molecule has 11 heteroatoms. The predicted molar refractivity (Wildman–Crippen MR) is 125 cm³/mol. The molecular formula is C24H31N3O8. The fourth-order valence-corrected chi connectivity index (χ4v) is 3.62. The maximum absolute atomic E-state index is 12.4. The van der Waals surface area contributed by atoms with E-state index in [9.17, 15) is 24.3 Å². The van der Waals surface area contributed by atoms with Gasteiger partial charge in [-0.3, -0.25) is 19.1 Å². The van der Waals surface area contributed by atoms with Crippen LogP contribution in [0, 0.1) is 12.8 Å². The molecule has 0 radical (unpaired) electrons. The van der Waals surface area contributed by atoms with Crippen LogP contribution in [-0.2, 0) is 25.6 Å². The standard InChI is InChI=1S/C24H31N3O8/c1-14(2)17(25-24(32)34-12-16-7-5-4-6-8-16)9-21(29)33-13-19-18(28)10-20(35-19)27-11-15(3)22(30)26-23(27)31/h4-8,11,14,17-20,28H,9-10,12-13H2,1-3H3,(H,25,32)(H,26,30,31)/t17-,18+,19-,20-/m1/s1. The maximum atomic E-state index is 12.4. The molecule has 0 unspecified atom stereocenters. The van der Waals surface area contributed by atoms with E-state index >= 15 is 0 Å². The van der Waals surface area contributed by atoms with E-state index in [2.05, 4.69) is 10.3 Å². The number of aryl methyl sites for hydroxylation is 1. The molecule has 1 saturated heterocycles. The molecule has 1 aromatic heterocycles. The van der Waals surface area contributed by atoms with Crippen molar-refractivity contribution in [1.29, 1.82) is 0 Å². The Morgan fingerprint density at radius 2 is 1.94 bits per heavy atom. The number of nitrogens with zero attached hydrogens (tertiary/aromatic N) is 1. The number of benzene rings is 1. The molecule has 1 fully saturated rings. The molecule has 1 aliphatic rings. The van der Waals surface area contributed by atoms with Crippen LogP contribution in [-0.4, -0.2) is 51.6 Å². The number of aromatic amines is 1. The number of aromatic nitrogens is 2. The number of hydrogen-bond donors (Lipinski definition) is 3. The Bertz CT molecular complexity index is 1130. The van der Waals surface area contributed by atoms with E-state index in [1.54, 1.807) is 6.92 Å². The molecule has 0 spiro atoms. The van der Waals surface area contributed by atoms with E-state index in [0.29, 0.717) is 5.56 Å². The van der Waals surface area contributed by atoms with E-state index in [1.807, 2.05) is 44.2 Å². The summed E-state index contributed by atoms with van der Waals surface area (Å²) in [5.41, 5.74) is 0.0240. The Kier molecular flexibility index (Phi) is 8.83. The summed E-state index contributed by atoms with van der Waals surface area (Å²) < 4.78 is 17.4. The molecule has 190 valence electrons. The van der Waals surface area contributed by atoms with Crippen LogP contribution in [0.25, 0.3) is 0 Å².